The highest BCUT2D eigenvalue weighted by atomic mass is 19.1. The fourth-order valence-corrected chi connectivity index (χ4v) is 3.16. The first kappa shape index (κ1) is 17.9. The fraction of sp³-hybridized carbons (Fsp3) is 0.190. The van der Waals surface area contributed by atoms with Crippen molar-refractivity contribution < 1.29 is 13.6 Å². The maximum absolute atomic E-state index is 13.4. The van der Waals surface area contributed by atoms with Gasteiger partial charge in [-0.05, 0) is 62.2 Å². The van der Waals surface area contributed by atoms with E-state index in [0.717, 1.165) is 17.0 Å². The van der Waals surface area contributed by atoms with Crippen molar-refractivity contribution in [1.29, 1.82) is 0 Å². The number of aromatic nitrogens is 3. The zero-order chi connectivity index (χ0) is 19.7. The van der Waals surface area contributed by atoms with Gasteiger partial charge in [0.25, 0.3) is 5.91 Å². The number of carbonyl (C=O) groups is 1. The van der Waals surface area contributed by atoms with E-state index in [1.54, 1.807) is 30.3 Å². The SMILES string of the molecule is Cc1n[nH]c(C)c1CCNC(=O)c1ccc2oc(-c3cccc(F)c3)nc2c1. The van der Waals surface area contributed by atoms with Gasteiger partial charge in [0.2, 0.25) is 5.89 Å². The molecule has 0 fully saturated rings. The van der Waals surface area contributed by atoms with E-state index in [1.807, 2.05) is 13.8 Å². The van der Waals surface area contributed by atoms with Crippen LogP contribution in [-0.4, -0.2) is 27.6 Å². The second-order valence-corrected chi connectivity index (χ2v) is 6.63. The van der Waals surface area contributed by atoms with Crippen molar-refractivity contribution in [3.8, 4) is 11.5 Å². The van der Waals surface area contributed by atoms with Crippen LogP contribution in [0.5, 0.6) is 0 Å². The molecule has 0 aliphatic rings. The van der Waals surface area contributed by atoms with Crippen molar-refractivity contribution in [2.45, 2.75) is 20.3 Å². The number of H-pyrrole nitrogens is 1. The second kappa shape index (κ2) is 7.26. The van der Waals surface area contributed by atoms with Crippen LogP contribution in [0.1, 0.15) is 27.3 Å². The number of nitrogens with zero attached hydrogens (tertiary/aromatic N) is 2. The summed E-state index contributed by atoms with van der Waals surface area (Å²) in [5.74, 6) is -0.225. The third kappa shape index (κ3) is 3.51. The zero-order valence-electron chi connectivity index (χ0n) is 15.5. The molecule has 0 atom stereocenters. The Morgan fingerprint density at radius 3 is 2.82 bits per heavy atom. The average Bonchev–Trinajstić information content (AvgIpc) is 3.25. The molecule has 0 saturated carbocycles. The first-order valence-electron chi connectivity index (χ1n) is 8.96. The van der Waals surface area contributed by atoms with E-state index in [1.165, 1.54) is 12.1 Å². The Kier molecular flexibility index (Phi) is 4.65. The summed E-state index contributed by atoms with van der Waals surface area (Å²) in [6.45, 7) is 4.41. The molecular formula is C21H19FN4O2. The highest BCUT2D eigenvalue weighted by Gasteiger charge is 2.13. The third-order valence-electron chi connectivity index (χ3n) is 4.66. The van der Waals surface area contributed by atoms with E-state index in [-0.39, 0.29) is 11.7 Å². The van der Waals surface area contributed by atoms with Crippen molar-refractivity contribution in [3.05, 3.63) is 70.8 Å². The number of hydrogen-bond donors (Lipinski definition) is 2. The van der Waals surface area contributed by atoms with Gasteiger partial charge >= 0.3 is 0 Å². The van der Waals surface area contributed by atoms with Crippen LogP contribution < -0.4 is 5.32 Å². The van der Waals surface area contributed by atoms with Crippen LogP contribution in [-0.2, 0) is 6.42 Å². The van der Waals surface area contributed by atoms with E-state index >= 15 is 0 Å². The van der Waals surface area contributed by atoms with Crippen molar-refractivity contribution in [2.75, 3.05) is 6.54 Å². The standard InChI is InChI=1S/C21H19FN4O2/c1-12-17(13(2)26-25-12)8-9-23-20(27)14-6-7-19-18(11-14)24-21(28-19)15-4-3-5-16(22)10-15/h3-7,10-11H,8-9H2,1-2H3,(H,23,27)(H,25,26). The number of fused-ring (bicyclic) bond motifs is 1. The summed E-state index contributed by atoms with van der Waals surface area (Å²) in [6.07, 6.45) is 0.704. The first-order valence-corrected chi connectivity index (χ1v) is 8.96. The predicted molar refractivity (Wildman–Crippen MR) is 104 cm³/mol. The van der Waals surface area contributed by atoms with Gasteiger partial charge in [0.15, 0.2) is 5.58 Å². The Hall–Kier alpha value is -3.48. The number of benzene rings is 2. The van der Waals surface area contributed by atoms with Crippen molar-refractivity contribution in [1.82, 2.24) is 20.5 Å². The third-order valence-corrected chi connectivity index (χ3v) is 4.66. The van der Waals surface area contributed by atoms with Gasteiger partial charge in [0, 0.05) is 23.4 Å². The van der Waals surface area contributed by atoms with Gasteiger partial charge in [-0.3, -0.25) is 9.89 Å². The summed E-state index contributed by atoms with van der Waals surface area (Å²) >= 11 is 0. The lowest BCUT2D eigenvalue weighted by Crippen LogP contribution is -2.25. The summed E-state index contributed by atoms with van der Waals surface area (Å²) in [7, 11) is 0. The van der Waals surface area contributed by atoms with Crippen LogP contribution in [0.2, 0.25) is 0 Å². The smallest absolute Gasteiger partial charge is 0.251 e. The number of hydrogen-bond acceptors (Lipinski definition) is 4. The molecule has 4 aromatic rings. The number of nitrogens with one attached hydrogen (secondary N) is 2. The highest BCUT2D eigenvalue weighted by molar-refractivity contribution is 5.97. The first-order chi connectivity index (χ1) is 13.5. The molecule has 142 valence electrons. The summed E-state index contributed by atoms with van der Waals surface area (Å²) in [6, 6.07) is 11.1. The lowest BCUT2D eigenvalue weighted by Gasteiger charge is -2.05. The maximum atomic E-state index is 13.4. The molecule has 0 aliphatic carbocycles. The Morgan fingerprint density at radius 1 is 1.21 bits per heavy atom. The molecule has 0 bridgehead atoms. The summed E-state index contributed by atoms with van der Waals surface area (Å²) in [4.78, 5) is 16.9. The molecule has 4 rings (SSSR count). The molecule has 1 amide bonds. The van der Waals surface area contributed by atoms with Crippen molar-refractivity contribution in [3.63, 3.8) is 0 Å². The van der Waals surface area contributed by atoms with Gasteiger partial charge in [-0.15, -0.1) is 0 Å². The fourth-order valence-electron chi connectivity index (χ4n) is 3.16. The summed E-state index contributed by atoms with van der Waals surface area (Å²) in [5, 5.41) is 10.0. The minimum absolute atomic E-state index is 0.184. The Morgan fingerprint density at radius 2 is 2.07 bits per heavy atom. The van der Waals surface area contributed by atoms with Gasteiger partial charge in [0.1, 0.15) is 11.3 Å². The lowest BCUT2D eigenvalue weighted by atomic mass is 10.1. The van der Waals surface area contributed by atoms with Crippen LogP contribution in [0.15, 0.2) is 46.9 Å². The monoisotopic (exact) mass is 378 g/mol. The second-order valence-electron chi connectivity index (χ2n) is 6.63. The quantitative estimate of drug-likeness (QED) is 0.551. The van der Waals surface area contributed by atoms with Crippen LogP contribution in [0.25, 0.3) is 22.6 Å². The molecule has 6 nitrogen and oxygen atoms in total. The Labute approximate surface area is 160 Å². The van der Waals surface area contributed by atoms with Crippen LogP contribution in [0.3, 0.4) is 0 Å². The predicted octanol–water partition coefficient (Wildman–Crippen LogP) is 3.95. The lowest BCUT2D eigenvalue weighted by molar-refractivity contribution is 0.0954. The number of rotatable bonds is 5. The Bertz CT molecular complexity index is 1140. The highest BCUT2D eigenvalue weighted by Crippen LogP contribution is 2.25. The molecule has 2 aromatic heterocycles. The number of oxazole rings is 1. The van der Waals surface area contributed by atoms with E-state index in [2.05, 4.69) is 20.5 Å². The molecule has 2 aromatic carbocycles. The normalized spacial score (nSPS) is 11.1. The van der Waals surface area contributed by atoms with Crippen molar-refractivity contribution >= 4 is 17.0 Å². The molecular weight excluding hydrogens is 359 g/mol. The van der Waals surface area contributed by atoms with Crippen LogP contribution >= 0.6 is 0 Å². The van der Waals surface area contributed by atoms with E-state index in [9.17, 15) is 9.18 Å². The molecule has 0 saturated heterocycles. The van der Waals surface area contributed by atoms with Gasteiger partial charge in [-0.2, -0.15) is 5.10 Å². The van der Waals surface area contributed by atoms with Gasteiger partial charge < -0.3 is 9.73 Å². The number of carbonyl (C=O) groups excluding carboxylic acids is 1. The number of aryl methyl sites for hydroxylation is 2. The summed E-state index contributed by atoms with van der Waals surface area (Å²) < 4.78 is 19.1. The molecule has 0 radical (unpaired) electrons. The minimum Gasteiger partial charge on any atom is -0.436 e. The van der Waals surface area contributed by atoms with Crippen LogP contribution in [0, 0.1) is 19.7 Å². The van der Waals surface area contributed by atoms with E-state index < -0.39 is 0 Å². The van der Waals surface area contributed by atoms with E-state index in [0.29, 0.717) is 41.1 Å². The molecule has 2 heterocycles. The molecule has 2 N–H and O–H groups in total. The van der Waals surface area contributed by atoms with Crippen molar-refractivity contribution in [2.24, 2.45) is 0 Å². The molecule has 28 heavy (non-hydrogen) atoms. The molecule has 0 unspecified atom stereocenters. The van der Waals surface area contributed by atoms with E-state index in [4.69, 9.17) is 4.42 Å². The number of amides is 1. The number of halogens is 1. The average molecular weight is 378 g/mol. The Balaban J connectivity index is 1.48. The van der Waals surface area contributed by atoms with Crippen LogP contribution in [0.4, 0.5) is 4.39 Å². The zero-order valence-corrected chi connectivity index (χ0v) is 15.5. The molecule has 0 aliphatic heterocycles. The van der Waals surface area contributed by atoms with Gasteiger partial charge in [-0.1, -0.05) is 6.07 Å². The summed E-state index contributed by atoms with van der Waals surface area (Å²) in [5.41, 5.74) is 5.21. The topological polar surface area (TPSA) is 83.8 Å². The largest absolute Gasteiger partial charge is 0.436 e. The minimum atomic E-state index is -0.358. The molecule has 0 spiro atoms. The molecule has 7 heteroatoms. The van der Waals surface area contributed by atoms with Gasteiger partial charge in [-0.25, -0.2) is 9.37 Å². The van der Waals surface area contributed by atoms with Gasteiger partial charge in [0.05, 0.1) is 5.69 Å². The number of aromatic amines is 1. The maximum Gasteiger partial charge on any atom is 0.251 e.